The number of nitrogens with zero attached hydrogens (tertiary/aromatic N) is 1. The van der Waals surface area contributed by atoms with E-state index in [9.17, 15) is 24.3 Å². The summed E-state index contributed by atoms with van der Waals surface area (Å²) in [7, 11) is 0. The lowest BCUT2D eigenvalue weighted by atomic mass is 10.1. The van der Waals surface area contributed by atoms with Crippen molar-refractivity contribution in [2.75, 3.05) is 4.90 Å². The molecule has 0 spiro atoms. The number of nitrogens with one attached hydrogen (secondary N) is 1. The number of barbiturate groups is 1. The first kappa shape index (κ1) is 22.8. The van der Waals surface area contributed by atoms with E-state index in [0.717, 1.165) is 4.90 Å². The third-order valence-electron chi connectivity index (χ3n) is 4.97. The molecule has 34 heavy (non-hydrogen) atoms. The molecular weight excluding hydrogens is 460 g/mol. The Bertz CT molecular complexity index is 1320. The zero-order chi connectivity index (χ0) is 24.2. The van der Waals surface area contributed by atoms with Crippen molar-refractivity contribution < 1.29 is 29.0 Å². The maximum absolute atomic E-state index is 13.1. The number of carboxylic acids is 1. The van der Waals surface area contributed by atoms with E-state index in [2.05, 4.69) is 5.32 Å². The molecule has 9 heteroatoms. The lowest BCUT2D eigenvalue weighted by molar-refractivity contribution is -0.255. The minimum atomic E-state index is -1.28. The zero-order valence-corrected chi connectivity index (χ0v) is 18.2. The summed E-state index contributed by atoms with van der Waals surface area (Å²) < 4.78 is 5.83. The maximum Gasteiger partial charge on any atom is 0.335 e. The first-order valence-electron chi connectivity index (χ1n) is 10.0. The van der Waals surface area contributed by atoms with Gasteiger partial charge in [-0.05, 0) is 47.5 Å². The van der Waals surface area contributed by atoms with Crippen LogP contribution in [0.25, 0.3) is 6.08 Å². The molecular formula is C25H16ClN2O6-. The van der Waals surface area contributed by atoms with E-state index in [1.165, 1.54) is 24.3 Å². The minimum Gasteiger partial charge on any atom is -0.545 e. The molecule has 0 radical (unpaired) electrons. The monoisotopic (exact) mass is 475 g/mol. The Kier molecular flexibility index (Phi) is 6.42. The standard InChI is InChI=1S/C25H17ClN2O6/c26-18-10-11-21(34-14-15-6-8-16(9-7-15)24(31)32)17(12-18)13-20-22(29)27-25(33)28(23(20)30)19-4-2-1-3-5-19/h1-13H,14H2,(H,31,32)(H,27,29,33)/p-1/b20-13+. The van der Waals surface area contributed by atoms with Crippen LogP contribution in [-0.4, -0.2) is 23.8 Å². The minimum absolute atomic E-state index is 0.0417. The number of carboxylic acid groups (broad SMARTS) is 1. The number of ether oxygens (including phenoxy) is 1. The number of urea groups is 1. The average molecular weight is 476 g/mol. The molecule has 0 aromatic heterocycles. The number of rotatable bonds is 6. The van der Waals surface area contributed by atoms with Crippen LogP contribution in [0.2, 0.25) is 5.02 Å². The van der Waals surface area contributed by atoms with Crippen LogP contribution in [0.4, 0.5) is 10.5 Å². The first-order valence-corrected chi connectivity index (χ1v) is 10.4. The highest BCUT2D eigenvalue weighted by Gasteiger charge is 2.36. The van der Waals surface area contributed by atoms with E-state index in [4.69, 9.17) is 16.3 Å². The number of carbonyl (C=O) groups is 4. The highest BCUT2D eigenvalue weighted by Crippen LogP contribution is 2.28. The topological polar surface area (TPSA) is 116 Å². The second-order valence-corrected chi connectivity index (χ2v) is 7.69. The third-order valence-corrected chi connectivity index (χ3v) is 5.21. The van der Waals surface area contributed by atoms with E-state index in [0.29, 0.717) is 27.6 Å². The highest BCUT2D eigenvalue weighted by molar-refractivity contribution is 6.39. The quantitative estimate of drug-likeness (QED) is 0.433. The van der Waals surface area contributed by atoms with Gasteiger partial charge in [-0.3, -0.25) is 14.9 Å². The molecule has 1 fully saturated rings. The van der Waals surface area contributed by atoms with Crippen molar-refractivity contribution in [1.82, 2.24) is 5.32 Å². The van der Waals surface area contributed by atoms with Crippen molar-refractivity contribution in [3.63, 3.8) is 0 Å². The van der Waals surface area contributed by atoms with E-state index < -0.39 is 23.8 Å². The largest absolute Gasteiger partial charge is 0.545 e. The van der Waals surface area contributed by atoms with Crippen molar-refractivity contribution in [3.05, 3.63) is 100 Å². The summed E-state index contributed by atoms with van der Waals surface area (Å²) in [6.07, 6.45) is 1.31. The van der Waals surface area contributed by atoms with Crippen molar-refractivity contribution in [2.24, 2.45) is 0 Å². The van der Waals surface area contributed by atoms with Crippen LogP contribution in [0.15, 0.2) is 78.4 Å². The Morgan fingerprint density at radius 2 is 1.71 bits per heavy atom. The number of anilines is 1. The number of amides is 4. The van der Waals surface area contributed by atoms with Crippen molar-refractivity contribution in [3.8, 4) is 5.75 Å². The molecule has 0 bridgehead atoms. The third kappa shape index (κ3) is 4.82. The van der Waals surface area contributed by atoms with E-state index in [-0.39, 0.29) is 17.7 Å². The van der Waals surface area contributed by atoms with Gasteiger partial charge in [0.15, 0.2) is 0 Å². The molecule has 3 aromatic carbocycles. The summed E-state index contributed by atoms with van der Waals surface area (Å²) in [5.74, 6) is -2.59. The molecule has 0 aliphatic carbocycles. The van der Waals surface area contributed by atoms with Crippen LogP contribution >= 0.6 is 11.6 Å². The van der Waals surface area contributed by atoms with E-state index >= 15 is 0 Å². The molecule has 0 atom stereocenters. The Labute approximate surface area is 199 Å². The lowest BCUT2D eigenvalue weighted by Crippen LogP contribution is -2.54. The molecule has 170 valence electrons. The SMILES string of the molecule is O=C1NC(=O)N(c2ccccc2)C(=O)/C1=C/c1cc(Cl)ccc1OCc1ccc(C(=O)[O-])cc1. The Hall–Kier alpha value is -4.43. The molecule has 1 aliphatic heterocycles. The van der Waals surface area contributed by atoms with Crippen molar-refractivity contribution in [2.45, 2.75) is 6.61 Å². The van der Waals surface area contributed by atoms with Crippen LogP contribution in [0.1, 0.15) is 21.5 Å². The fraction of sp³-hybridized carbons (Fsp3) is 0.0400. The predicted molar refractivity (Wildman–Crippen MR) is 122 cm³/mol. The van der Waals surface area contributed by atoms with Gasteiger partial charge in [0.1, 0.15) is 17.9 Å². The molecule has 4 amide bonds. The summed E-state index contributed by atoms with van der Waals surface area (Å²) in [5, 5.41) is 13.4. The second kappa shape index (κ2) is 9.60. The van der Waals surface area contributed by atoms with Gasteiger partial charge in [-0.1, -0.05) is 54.1 Å². The smallest absolute Gasteiger partial charge is 0.335 e. The molecule has 4 rings (SSSR count). The zero-order valence-electron chi connectivity index (χ0n) is 17.5. The van der Waals surface area contributed by atoms with Gasteiger partial charge < -0.3 is 14.6 Å². The summed E-state index contributed by atoms with van der Waals surface area (Å²) in [4.78, 5) is 49.6. The number of benzene rings is 3. The van der Waals surface area contributed by atoms with Crippen LogP contribution in [0.3, 0.4) is 0 Å². The van der Waals surface area contributed by atoms with Gasteiger partial charge in [-0.2, -0.15) is 0 Å². The number of halogens is 1. The van der Waals surface area contributed by atoms with Gasteiger partial charge in [0.25, 0.3) is 11.8 Å². The molecule has 0 unspecified atom stereocenters. The summed E-state index contributed by atoms with van der Waals surface area (Å²) in [6, 6.07) is 18.0. The van der Waals surface area contributed by atoms with Crippen molar-refractivity contribution >= 4 is 47.2 Å². The fourth-order valence-electron chi connectivity index (χ4n) is 3.29. The number of para-hydroxylation sites is 1. The molecule has 1 aliphatic rings. The van der Waals surface area contributed by atoms with Crippen LogP contribution in [0, 0.1) is 0 Å². The second-order valence-electron chi connectivity index (χ2n) is 7.25. The molecule has 1 saturated heterocycles. The fourth-order valence-corrected chi connectivity index (χ4v) is 3.47. The Morgan fingerprint density at radius 3 is 2.38 bits per heavy atom. The number of carbonyl (C=O) groups excluding carboxylic acids is 4. The van der Waals surface area contributed by atoms with Gasteiger partial charge in [0.05, 0.1) is 11.7 Å². The van der Waals surface area contributed by atoms with Gasteiger partial charge in [-0.15, -0.1) is 0 Å². The molecule has 8 nitrogen and oxygen atoms in total. The summed E-state index contributed by atoms with van der Waals surface area (Å²) in [6.45, 7) is 0.0832. The Balaban J connectivity index is 1.63. The molecule has 0 saturated carbocycles. The molecule has 1 heterocycles. The number of hydrogen-bond donors (Lipinski definition) is 1. The number of aromatic carboxylic acids is 1. The van der Waals surface area contributed by atoms with Gasteiger partial charge >= 0.3 is 6.03 Å². The Morgan fingerprint density at radius 1 is 1.00 bits per heavy atom. The normalized spacial score (nSPS) is 14.8. The number of hydrogen-bond acceptors (Lipinski definition) is 6. The van der Waals surface area contributed by atoms with Crippen LogP contribution in [-0.2, 0) is 16.2 Å². The van der Waals surface area contributed by atoms with Gasteiger partial charge in [0.2, 0.25) is 0 Å². The molecule has 3 aromatic rings. The average Bonchev–Trinajstić information content (AvgIpc) is 2.82. The number of imide groups is 2. The predicted octanol–water partition coefficient (Wildman–Crippen LogP) is 2.95. The lowest BCUT2D eigenvalue weighted by Gasteiger charge is -2.26. The van der Waals surface area contributed by atoms with E-state index in [1.807, 2.05) is 0 Å². The maximum atomic E-state index is 13.1. The van der Waals surface area contributed by atoms with Crippen LogP contribution in [0.5, 0.6) is 5.75 Å². The molecule has 1 N–H and O–H groups in total. The van der Waals surface area contributed by atoms with Crippen molar-refractivity contribution in [1.29, 1.82) is 0 Å². The first-order chi connectivity index (χ1) is 16.3. The van der Waals surface area contributed by atoms with Gasteiger partial charge in [-0.25, -0.2) is 9.69 Å². The van der Waals surface area contributed by atoms with Gasteiger partial charge in [0, 0.05) is 10.6 Å². The highest BCUT2D eigenvalue weighted by atomic mass is 35.5. The summed E-state index contributed by atoms with van der Waals surface area (Å²) >= 11 is 6.12. The van der Waals surface area contributed by atoms with Crippen LogP contribution < -0.4 is 20.1 Å². The summed E-state index contributed by atoms with van der Waals surface area (Å²) in [5.41, 5.74) is 1.12. The van der Waals surface area contributed by atoms with E-state index in [1.54, 1.807) is 54.6 Å².